The van der Waals surface area contributed by atoms with Gasteiger partial charge in [0, 0.05) is 107 Å². The summed E-state index contributed by atoms with van der Waals surface area (Å²) in [6, 6.07) is 14.5. The Morgan fingerprint density at radius 1 is 0.517 bits per heavy atom. The lowest BCUT2D eigenvalue weighted by atomic mass is 10.0. The number of fused-ring (bicyclic) bond motifs is 3. The Bertz CT molecular complexity index is 4860. The van der Waals surface area contributed by atoms with Crippen molar-refractivity contribution in [3.05, 3.63) is 95.7 Å². The van der Waals surface area contributed by atoms with E-state index in [-0.39, 0.29) is 109 Å². The number of alkyl halides is 3. The molecule has 3 aliphatic carbocycles. The van der Waals surface area contributed by atoms with Crippen LogP contribution in [0.3, 0.4) is 0 Å². The fourth-order valence-electron chi connectivity index (χ4n) is 16.8. The number of anilines is 12. The molecule has 30 nitrogen and oxygen atoms in total. The number of nitrogens with one attached hydrogen (secondary N) is 7. The summed E-state index contributed by atoms with van der Waals surface area (Å²) in [5.74, 6) is 5.03. The average Bonchev–Trinajstić information content (AvgIpc) is 1.62. The van der Waals surface area contributed by atoms with E-state index in [1.54, 1.807) is 41.3 Å². The minimum Gasteiger partial charge on any atom is -0.495 e. The average molecular weight is 1620 g/mol. The van der Waals surface area contributed by atoms with E-state index in [0.29, 0.717) is 81.6 Å². The molecule has 9 aliphatic rings. The van der Waals surface area contributed by atoms with Crippen LogP contribution in [0.2, 0.25) is 0 Å². The van der Waals surface area contributed by atoms with Gasteiger partial charge in [-0.25, -0.2) is 32.5 Å². The predicted molar refractivity (Wildman–Crippen MR) is 442 cm³/mol. The maximum absolute atomic E-state index is 15.7. The molecule has 6 fully saturated rings. The summed E-state index contributed by atoms with van der Waals surface area (Å²) in [5.41, 5.74) is -4.05. The lowest BCUT2D eigenvalue weighted by Crippen LogP contribution is -2.57. The van der Waals surface area contributed by atoms with Gasteiger partial charge >= 0.3 is 0 Å². The van der Waals surface area contributed by atoms with Crippen molar-refractivity contribution in [2.45, 2.75) is 156 Å². The van der Waals surface area contributed by atoms with Gasteiger partial charge in [-0.05, 0) is 132 Å². The number of rotatable bonds is 19. The number of piperidine rings is 2. The molecular weight excluding hydrogens is 1520 g/mol. The maximum atomic E-state index is 15.7. The number of methoxy groups -OCH3 is 2. The Morgan fingerprint density at radius 3 is 1.23 bits per heavy atom. The van der Waals surface area contributed by atoms with Gasteiger partial charge in [0.25, 0.3) is 52.4 Å². The van der Waals surface area contributed by atoms with Gasteiger partial charge in [-0.3, -0.25) is 28.8 Å². The largest absolute Gasteiger partial charge is 0.495 e. The first kappa shape index (κ1) is 84.3. The topological polar surface area (TPSA) is 329 Å². The molecule has 9 heterocycles. The zero-order valence-electron chi connectivity index (χ0n) is 67.2. The first-order chi connectivity index (χ1) is 56.8. The Kier molecular flexibility index (Phi) is 26.1. The summed E-state index contributed by atoms with van der Waals surface area (Å²) in [6.45, 7) is 4.81. The molecule has 3 aromatic heterocycles. The van der Waals surface area contributed by atoms with E-state index in [0.717, 1.165) is 140 Å². The molecule has 3 aromatic carbocycles. The van der Waals surface area contributed by atoms with Crippen molar-refractivity contribution < 1.29 is 60.9 Å². The van der Waals surface area contributed by atoms with Crippen LogP contribution in [0.25, 0.3) is 0 Å². The number of aliphatic hydroxyl groups is 1. The van der Waals surface area contributed by atoms with Crippen molar-refractivity contribution in [3.63, 3.8) is 0 Å². The highest BCUT2D eigenvalue weighted by Gasteiger charge is 2.51. The number of ether oxygens (including phenoxy) is 2. The minimum absolute atomic E-state index is 0.00326. The number of hydrogen-bond acceptors (Lipinski definition) is 24. The van der Waals surface area contributed by atoms with E-state index >= 15 is 17.6 Å². The summed E-state index contributed by atoms with van der Waals surface area (Å²) in [7, 11) is 9.43. The quantitative estimate of drug-likeness (QED) is 0.0284. The molecule has 0 spiro atoms. The second-order valence-electron chi connectivity index (χ2n) is 31.5. The number of carbonyl (C=O) groups excluding carboxylic acids is 6. The Labute approximate surface area is 683 Å². The van der Waals surface area contributed by atoms with Crippen LogP contribution >= 0.6 is 0 Å². The summed E-state index contributed by atoms with van der Waals surface area (Å²) >= 11 is 0. The molecule has 3 saturated carbocycles. The van der Waals surface area contributed by atoms with Crippen molar-refractivity contribution in [2.75, 3.05) is 160 Å². The fourth-order valence-corrected chi connectivity index (χ4v) is 16.8. The van der Waals surface area contributed by atoms with Crippen molar-refractivity contribution in [3.8, 4) is 48.5 Å². The van der Waals surface area contributed by atoms with Crippen molar-refractivity contribution in [2.24, 2.45) is 0 Å². The second-order valence-corrected chi connectivity index (χ2v) is 31.5. The van der Waals surface area contributed by atoms with Crippen LogP contribution < -0.4 is 76.1 Å². The van der Waals surface area contributed by atoms with Gasteiger partial charge in [0.05, 0.1) is 82.2 Å². The summed E-state index contributed by atoms with van der Waals surface area (Å²) in [6.07, 6.45) is 35.4. The normalized spacial score (nSPS) is 22.7. The summed E-state index contributed by atoms with van der Waals surface area (Å²) in [4.78, 5) is 117. The van der Waals surface area contributed by atoms with Crippen molar-refractivity contribution in [1.82, 2.24) is 61.0 Å². The smallest absolute Gasteiger partial charge is 0.279 e. The first-order valence-electron chi connectivity index (χ1n) is 40.1. The molecule has 34 heteroatoms. The second kappa shape index (κ2) is 36.5. The molecule has 15 rings (SSSR count). The van der Waals surface area contributed by atoms with Gasteiger partial charge in [-0.1, -0.05) is 56.3 Å². The van der Waals surface area contributed by atoms with Crippen LogP contribution in [0, 0.1) is 42.8 Å². The number of likely N-dealkylation sites (N-methyl/N-ethyl adjacent to an activating group) is 1. The van der Waals surface area contributed by atoms with E-state index < -0.39 is 40.5 Å². The van der Waals surface area contributed by atoms with Gasteiger partial charge in [-0.2, -0.15) is 15.0 Å². The monoisotopic (exact) mass is 1620 g/mol. The lowest BCUT2D eigenvalue weighted by molar-refractivity contribution is -0.126. The van der Waals surface area contributed by atoms with Crippen molar-refractivity contribution in [1.29, 1.82) is 0 Å². The molecular formula is C84H101F4N21O9. The van der Waals surface area contributed by atoms with E-state index in [9.17, 15) is 28.8 Å². The van der Waals surface area contributed by atoms with E-state index in [4.69, 9.17) is 43.8 Å². The number of likely N-dealkylation sites (tertiary alicyclic amines) is 2. The molecule has 6 aliphatic heterocycles. The number of aromatic nitrogens is 6. The number of carbonyl (C=O) groups is 6. The van der Waals surface area contributed by atoms with Crippen LogP contribution in [0.1, 0.15) is 134 Å². The third kappa shape index (κ3) is 18.4. The maximum Gasteiger partial charge on any atom is 0.279 e. The van der Waals surface area contributed by atoms with Crippen LogP contribution in [0.15, 0.2) is 73.2 Å². The number of benzene rings is 3. The molecule has 6 aromatic rings. The third-order valence-electron chi connectivity index (χ3n) is 23.5. The molecule has 0 radical (unpaired) electrons. The number of hydrogen-bond donors (Lipinski definition) is 8. The number of terminal acetylenes is 3. The van der Waals surface area contributed by atoms with Gasteiger partial charge in [0.15, 0.2) is 17.5 Å². The summed E-state index contributed by atoms with van der Waals surface area (Å²) < 4.78 is 73.1. The number of β-amino-alcohol motifs (C(OH)–C–C–N with tert-alkyl or cyclic N) is 1. The van der Waals surface area contributed by atoms with Crippen LogP contribution in [-0.2, 0) is 14.4 Å². The molecule has 0 unspecified atom stereocenters. The van der Waals surface area contributed by atoms with Crippen LogP contribution in [0.5, 0.6) is 11.5 Å². The molecule has 3 saturated heterocycles. The van der Waals surface area contributed by atoms with E-state index in [1.165, 1.54) is 82.0 Å². The van der Waals surface area contributed by atoms with Gasteiger partial charge < -0.3 is 91.0 Å². The number of aliphatic hydroxyl groups excluding tert-OH is 1. The van der Waals surface area contributed by atoms with E-state index in [2.05, 4.69) is 78.8 Å². The number of nitrogens with zero attached hydrogens (tertiary/aromatic N) is 14. The Morgan fingerprint density at radius 2 is 0.881 bits per heavy atom. The highest BCUT2D eigenvalue weighted by molar-refractivity contribution is 6.07. The standard InChI is InChI=1S/C30H38FN7O4.C27H31F2N7O2.C27H32FN7O3/c1-4-30(31)19-38(22-7-5-6-8-22)26-24(36(2)28(30)41)18-32-29(35-26)34-23-10-9-20(17-25(23)42-3)27(40)33-21-11-13-37(14-12-21)15-16-39;1-3-27(29)16-36(19-8-4-5-9-19)23-22(35(2)25(27)38)15-31-26(34-23)33-21-11-10-17(13-20(21)28)24(37)32-18-7-6-12-30-14-18;1-5-27(28)16-35(19-8-6-7-9-19)23-21(34(3)25(27)37)13-29-26(32-23)31-20-11-10-17(12-22(20)38-4)24(36)30-18-14-33(2)15-18/h1,9-10,17-18,21-22,39H,5-8,11-16,19H2,2-3H3,(H,33,40)(H,32,34,35);1,10-11,13,15,18-19,30H,4-9,12,14,16H2,2H3,(H,32,37)(H,31,33,34);1,10-13,18-19H,6-9,14-16H2,2-4H3,(H,30,36)(H,29,31,32)/t30-;18-,27-;27-/m111/s1. The SMILES string of the molecule is C#C[C@@]1(F)CN(C2CCCC2)c2nc(Nc3ccc(C(=O)NC4CCN(CCO)CC4)cc3OC)ncc2N(C)C1=O.C#C[C@@]1(F)CN(C2CCCC2)c2nc(Nc3ccc(C(=O)NC4CN(C)C4)cc3OC)ncc2N(C)C1=O.C#C[C@@]1(F)CN(C2CCCC2)c2nc(Nc3ccc(C(=O)N[C@@H]4CCCNC4)cc3F)ncc2N(C)C1=O. The number of halogens is 4. The zero-order valence-corrected chi connectivity index (χ0v) is 67.2. The van der Waals surface area contributed by atoms with Gasteiger partial charge in [0.2, 0.25) is 17.8 Å². The molecule has 6 amide bonds. The molecule has 0 bridgehead atoms. The molecule has 118 heavy (non-hydrogen) atoms. The highest BCUT2D eigenvalue weighted by atomic mass is 19.2. The molecule has 8 N–H and O–H groups in total. The van der Waals surface area contributed by atoms with Crippen LogP contribution in [0.4, 0.5) is 87.0 Å². The molecule has 624 valence electrons. The van der Waals surface area contributed by atoms with Gasteiger partial charge in [-0.15, -0.1) is 19.3 Å². The number of amides is 6. The first-order valence-corrected chi connectivity index (χ1v) is 40.1. The predicted octanol–water partition coefficient (Wildman–Crippen LogP) is 7.73. The van der Waals surface area contributed by atoms with Crippen LogP contribution in [-0.4, -0.2) is 248 Å². The van der Waals surface area contributed by atoms with E-state index in [1.807, 2.05) is 22.8 Å². The van der Waals surface area contributed by atoms with Gasteiger partial charge in [0.1, 0.15) is 34.4 Å². The fraction of sp³-hybridized carbons (Fsp3) is 0.500. The zero-order chi connectivity index (χ0) is 83.7. The minimum atomic E-state index is -2.51. The highest BCUT2D eigenvalue weighted by Crippen LogP contribution is 2.44. The lowest BCUT2D eigenvalue weighted by Gasteiger charge is -2.36. The van der Waals surface area contributed by atoms with Crippen molar-refractivity contribution >= 4 is 105 Å². The summed E-state index contributed by atoms with van der Waals surface area (Å²) in [5, 5.41) is 30.6. The third-order valence-corrected chi connectivity index (χ3v) is 23.5. The Balaban J connectivity index is 0.000000154. The Hall–Kier alpha value is -11.6. The molecule has 4 atom stereocenters.